The number of aromatic nitrogens is 3. The second-order valence-electron chi connectivity index (χ2n) is 4.40. The van der Waals surface area contributed by atoms with Crippen molar-refractivity contribution in [2.45, 2.75) is 39.3 Å². The number of aryl methyl sites for hydroxylation is 2. The standard InChI is InChI=1S/C14H18BrN3O/c1-3-13-16-14(4-2)18(17-13)9-12(19)10-6-5-7-11(15)8-10/h5-8,12,19H,3-4,9H2,1-2H3. The lowest BCUT2D eigenvalue weighted by Gasteiger charge is -2.12. The molecule has 1 N–H and O–H groups in total. The van der Waals surface area contributed by atoms with Crippen molar-refractivity contribution < 1.29 is 5.11 Å². The fourth-order valence-corrected chi connectivity index (χ4v) is 2.38. The van der Waals surface area contributed by atoms with Gasteiger partial charge in [0.25, 0.3) is 0 Å². The Morgan fingerprint density at radius 3 is 2.74 bits per heavy atom. The molecule has 0 aliphatic carbocycles. The Morgan fingerprint density at radius 1 is 1.32 bits per heavy atom. The van der Waals surface area contributed by atoms with Crippen molar-refractivity contribution in [2.75, 3.05) is 0 Å². The molecule has 5 heteroatoms. The summed E-state index contributed by atoms with van der Waals surface area (Å²) in [4.78, 5) is 4.44. The van der Waals surface area contributed by atoms with Crippen molar-refractivity contribution in [1.82, 2.24) is 14.8 Å². The molecule has 1 aromatic heterocycles. The first-order valence-electron chi connectivity index (χ1n) is 6.50. The molecule has 0 fully saturated rings. The largest absolute Gasteiger partial charge is 0.386 e. The van der Waals surface area contributed by atoms with Crippen LogP contribution in [-0.2, 0) is 19.4 Å². The summed E-state index contributed by atoms with van der Waals surface area (Å²) >= 11 is 3.41. The molecular weight excluding hydrogens is 306 g/mol. The van der Waals surface area contributed by atoms with Crippen molar-refractivity contribution in [3.05, 3.63) is 46.0 Å². The molecule has 2 rings (SSSR count). The predicted octanol–water partition coefficient (Wildman–Crippen LogP) is 2.90. The van der Waals surface area contributed by atoms with E-state index in [9.17, 15) is 5.11 Å². The number of aliphatic hydroxyl groups excluding tert-OH is 1. The first-order valence-corrected chi connectivity index (χ1v) is 7.29. The Labute approximate surface area is 121 Å². The quantitative estimate of drug-likeness (QED) is 0.920. The Balaban J connectivity index is 2.18. The van der Waals surface area contributed by atoms with Crippen LogP contribution in [0.4, 0.5) is 0 Å². The minimum atomic E-state index is -0.575. The van der Waals surface area contributed by atoms with Gasteiger partial charge in [-0.3, -0.25) is 0 Å². The van der Waals surface area contributed by atoms with E-state index in [2.05, 4.69) is 26.0 Å². The maximum atomic E-state index is 10.3. The van der Waals surface area contributed by atoms with Gasteiger partial charge in [0.15, 0.2) is 5.82 Å². The van der Waals surface area contributed by atoms with Crippen molar-refractivity contribution >= 4 is 15.9 Å². The molecular formula is C14H18BrN3O. The molecule has 0 saturated heterocycles. The fourth-order valence-electron chi connectivity index (χ4n) is 1.97. The van der Waals surface area contributed by atoms with E-state index in [4.69, 9.17) is 0 Å². The number of hydrogen-bond donors (Lipinski definition) is 1. The summed E-state index contributed by atoms with van der Waals surface area (Å²) in [6, 6.07) is 7.70. The number of rotatable bonds is 5. The average Bonchev–Trinajstić information content (AvgIpc) is 2.81. The van der Waals surface area contributed by atoms with Gasteiger partial charge in [0.1, 0.15) is 5.82 Å². The maximum absolute atomic E-state index is 10.3. The van der Waals surface area contributed by atoms with Crippen molar-refractivity contribution in [3.8, 4) is 0 Å². The minimum Gasteiger partial charge on any atom is -0.386 e. The topological polar surface area (TPSA) is 50.9 Å². The van der Waals surface area contributed by atoms with Gasteiger partial charge in [-0.25, -0.2) is 9.67 Å². The molecule has 0 spiro atoms. The summed E-state index contributed by atoms with van der Waals surface area (Å²) < 4.78 is 2.78. The Kier molecular flexibility index (Phi) is 4.71. The molecule has 0 aliphatic heterocycles. The summed E-state index contributed by atoms with van der Waals surface area (Å²) in [7, 11) is 0. The van der Waals surface area contributed by atoms with E-state index < -0.39 is 6.10 Å². The van der Waals surface area contributed by atoms with Crippen LogP contribution in [0, 0.1) is 0 Å². The fraction of sp³-hybridized carbons (Fsp3) is 0.429. The van der Waals surface area contributed by atoms with Crippen LogP contribution in [-0.4, -0.2) is 19.9 Å². The summed E-state index contributed by atoms with van der Waals surface area (Å²) in [5.74, 6) is 1.75. The second-order valence-corrected chi connectivity index (χ2v) is 5.32. The van der Waals surface area contributed by atoms with Crippen LogP contribution in [0.1, 0.15) is 37.2 Å². The highest BCUT2D eigenvalue weighted by molar-refractivity contribution is 9.10. The molecule has 0 aliphatic rings. The average molecular weight is 324 g/mol. The zero-order valence-corrected chi connectivity index (χ0v) is 12.8. The van der Waals surface area contributed by atoms with E-state index in [1.54, 1.807) is 0 Å². The number of halogens is 1. The van der Waals surface area contributed by atoms with Crippen molar-refractivity contribution in [1.29, 1.82) is 0 Å². The van der Waals surface area contributed by atoms with Crippen molar-refractivity contribution in [3.63, 3.8) is 0 Å². The summed E-state index contributed by atoms with van der Waals surface area (Å²) in [6.45, 7) is 4.52. The van der Waals surface area contributed by atoms with Gasteiger partial charge in [-0.05, 0) is 17.7 Å². The lowest BCUT2D eigenvalue weighted by atomic mass is 10.1. The Bertz CT molecular complexity index is 553. The lowest BCUT2D eigenvalue weighted by Crippen LogP contribution is -2.12. The molecule has 0 bridgehead atoms. The highest BCUT2D eigenvalue weighted by atomic mass is 79.9. The monoisotopic (exact) mass is 323 g/mol. The number of aliphatic hydroxyl groups is 1. The molecule has 2 aromatic rings. The molecule has 4 nitrogen and oxygen atoms in total. The van der Waals surface area contributed by atoms with Gasteiger partial charge >= 0.3 is 0 Å². The van der Waals surface area contributed by atoms with Gasteiger partial charge in [0, 0.05) is 17.3 Å². The molecule has 1 atom stereocenters. The summed E-state index contributed by atoms with van der Waals surface area (Å²) in [6.07, 6.45) is 1.06. The molecule has 0 saturated carbocycles. The van der Waals surface area contributed by atoms with Crippen LogP contribution in [0.25, 0.3) is 0 Å². The molecule has 1 unspecified atom stereocenters. The predicted molar refractivity (Wildman–Crippen MR) is 77.9 cm³/mol. The van der Waals surface area contributed by atoms with E-state index in [1.165, 1.54) is 0 Å². The molecule has 19 heavy (non-hydrogen) atoms. The van der Waals surface area contributed by atoms with Crippen LogP contribution in [0.3, 0.4) is 0 Å². The SMILES string of the molecule is CCc1nc(CC)n(CC(O)c2cccc(Br)c2)n1. The first kappa shape index (κ1) is 14.2. The molecule has 1 heterocycles. The third-order valence-electron chi connectivity index (χ3n) is 3.00. The van der Waals surface area contributed by atoms with Crippen LogP contribution in [0.2, 0.25) is 0 Å². The van der Waals surface area contributed by atoms with E-state index in [0.717, 1.165) is 34.5 Å². The Hall–Kier alpha value is -1.20. The van der Waals surface area contributed by atoms with E-state index in [0.29, 0.717) is 6.54 Å². The number of benzene rings is 1. The molecule has 0 radical (unpaired) electrons. The van der Waals surface area contributed by atoms with Gasteiger partial charge in [-0.2, -0.15) is 5.10 Å². The molecule has 1 aromatic carbocycles. The van der Waals surface area contributed by atoms with E-state index in [1.807, 2.05) is 42.8 Å². The maximum Gasteiger partial charge on any atom is 0.150 e. The van der Waals surface area contributed by atoms with Gasteiger partial charge in [-0.15, -0.1) is 0 Å². The summed E-state index contributed by atoms with van der Waals surface area (Å²) in [5, 5.41) is 14.7. The Morgan fingerprint density at radius 2 is 2.11 bits per heavy atom. The zero-order valence-electron chi connectivity index (χ0n) is 11.2. The van der Waals surface area contributed by atoms with Crippen LogP contribution in [0.15, 0.2) is 28.7 Å². The first-order chi connectivity index (χ1) is 9.13. The molecule has 0 amide bonds. The zero-order chi connectivity index (χ0) is 13.8. The minimum absolute atomic E-state index is 0.437. The second kappa shape index (κ2) is 6.30. The van der Waals surface area contributed by atoms with Gasteiger partial charge < -0.3 is 5.11 Å². The van der Waals surface area contributed by atoms with Crippen LogP contribution >= 0.6 is 15.9 Å². The normalized spacial score (nSPS) is 12.6. The highest BCUT2D eigenvalue weighted by Crippen LogP contribution is 2.20. The van der Waals surface area contributed by atoms with Gasteiger partial charge in [0.05, 0.1) is 12.6 Å². The number of hydrogen-bond acceptors (Lipinski definition) is 3. The highest BCUT2D eigenvalue weighted by Gasteiger charge is 2.13. The van der Waals surface area contributed by atoms with Crippen molar-refractivity contribution in [2.24, 2.45) is 0 Å². The smallest absolute Gasteiger partial charge is 0.150 e. The number of nitrogens with zero attached hydrogens (tertiary/aromatic N) is 3. The van der Waals surface area contributed by atoms with Gasteiger partial charge in [-0.1, -0.05) is 41.9 Å². The molecule has 102 valence electrons. The van der Waals surface area contributed by atoms with E-state index >= 15 is 0 Å². The van der Waals surface area contributed by atoms with Gasteiger partial charge in [0.2, 0.25) is 0 Å². The van der Waals surface area contributed by atoms with Crippen LogP contribution < -0.4 is 0 Å². The lowest BCUT2D eigenvalue weighted by molar-refractivity contribution is 0.150. The van der Waals surface area contributed by atoms with E-state index in [-0.39, 0.29) is 0 Å². The third kappa shape index (κ3) is 3.42. The van der Waals surface area contributed by atoms with Crippen LogP contribution in [0.5, 0.6) is 0 Å². The summed E-state index contributed by atoms with van der Waals surface area (Å²) in [5.41, 5.74) is 0.880. The third-order valence-corrected chi connectivity index (χ3v) is 3.50.